The van der Waals surface area contributed by atoms with Crippen molar-refractivity contribution < 1.29 is 0 Å². The highest BCUT2D eigenvalue weighted by atomic mass is 15.1. The number of unbranched alkanes of at least 4 members (excludes halogenated alkanes) is 1. The van der Waals surface area contributed by atoms with Gasteiger partial charge in [-0.05, 0) is 19.8 Å². The molecule has 1 rings (SSSR count). The van der Waals surface area contributed by atoms with Crippen LogP contribution in [0.3, 0.4) is 0 Å². The molecule has 0 N–H and O–H groups in total. The Hall–Kier alpha value is -0.990. The molecule has 0 aliphatic rings. The maximum absolute atomic E-state index is 4.19. The van der Waals surface area contributed by atoms with Crippen LogP contribution in [-0.4, -0.2) is 15.2 Å². The van der Waals surface area contributed by atoms with Crippen LogP contribution in [0, 0.1) is 6.92 Å². The van der Waals surface area contributed by atoms with Gasteiger partial charge in [-0.2, -0.15) is 5.10 Å². The van der Waals surface area contributed by atoms with E-state index in [4.69, 9.17) is 0 Å². The van der Waals surface area contributed by atoms with Gasteiger partial charge < -0.3 is 0 Å². The Morgan fingerprint density at radius 2 is 1.88 bits per heavy atom. The summed E-state index contributed by atoms with van der Waals surface area (Å²) in [6, 6.07) is 0. The van der Waals surface area contributed by atoms with Crippen LogP contribution >= 0.6 is 0 Å². The fraction of sp³-hybridized carbons (Fsp3) is 0.769. The van der Waals surface area contributed by atoms with Crippen LogP contribution in [0.5, 0.6) is 0 Å². The maximum atomic E-state index is 4.19. The van der Waals surface area contributed by atoms with Gasteiger partial charge in [0.2, 0.25) is 0 Å². The van der Waals surface area contributed by atoms with Crippen molar-refractivity contribution in [1.29, 1.82) is 0 Å². The third-order valence-corrected chi connectivity index (χ3v) is 2.51. The number of nitrogens with zero attached hydrogens (tertiary/aromatic N) is 3. The van der Waals surface area contributed by atoms with E-state index in [1.165, 1.54) is 19.3 Å². The molecule has 1 aromatic rings. The summed E-state index contributed by atoms with van der Waals surface area (Å²) in [5.41, 5.74) is 1.05. The second-order valence-corrected chi connectivity index (χ2v) is 3.68. The molecule has 92 valence electrons. The molecule has 1 unspecified atom stereocenters. The van der Waals surface area contributed by atoms with Crippen molar-refractivity contribution in [1.82, 2.24) is 15.2 Å². The van der Waals surface area contributed by atoms with Gasteiger partial charge in [-0.15, -0.1) is 5.10 Å². The van der Waals surface area contributed by atoms with Gasteiger partial charge in [0.15, 0.2) is 0 Å². The van der Waals surface area contributed by atoms with Crippen molar-refractivity contribution in [2.75, 3.05) is 0 Å². The topological polar surface area (TPSA) is 38.7 Å². The lowest BCUT2D eigenvalue weighted by molar-refractivity contribution is 0.546. The molecule has 0 radical (unpaired) electrons. The number of aromatic nitrogens is 3. The number of rotatable bonds is 5. The van der Waals surface area contributed by atoms with Gasteiger partial charge in [0.25, 0.3) is 0 Å². The first-order valence-electron chi connectivity index (χ1n) is 6.44. The molecule has 0 saturated carbocycles. The Labute approximate surface area is 99.7 Å². The lowest BCUT2D eigenvalue weighted by Gasteiger charge is -2.12. The van der Waals surface area contributed by atoms with E-state index in [2.05, 4.69) is 29.0 Å². The minimum Gasteiger partial charge on any atom is -0.238 e. The van der Waals surface area contributed by atoms with E-state index >= 15 is 0 Å². The first-order chi connectivity index (χ1) is 7.77. The molecular formula is C13H25N3. The van der Waals surface area contributed by atoms with Crippen molar-refractivity contribution in [2.45, 2.75) is 66.2 Å². The first-order valence-corrected chi connectivity index (χ1v) is 6.44. The molecule has 0 spiro atoms. The minimum absolute atomic E-state index is 0.538. The van der Waals surface area contributed by atoms with E-state index in [1.807, 2.05) is 27.0 Å². The van der Waals surface area contributed by atoms with Gasteiger partial charge in [-0.1, -0.05) is 40.5 Å². The normalized spacial score (nSPS) is 11.6. The summed E-state index contributed by atoms with van der Waals surface area (Å²) in [4.78, 5) is 4.18. The Kier molecular flexibility index (Phi) is 8.68. The predicted molar refractivity (Wildman–Crippen MR) is 68.5 cm³/mol. The van der Waals surface area contributed by atoms with Crippen LogP contribution in [0.25, 0.3) is 0 Å². The van der Waals surface area contributed by atoms with E-state index in [-0.39, 0.29) is 0 Å². The zero-order valence-corrected chi connectivity index (χ0v) is 11.3. The summed E-state index contributed by atoms with van der Waals surface area (Å²) in [7, 11) is 0. The third kappa shape index (κ3) is 5.19. The molecule has 3 nitrogen and oxygen atoms in total. The predicted octanol–water partition coefficient (Wildman–Crippen LogP) is 3.89. The molecule has 0 aliphatic heterocycles. The standard InChI is InChI=1S/C11H19N3.C2H6/c1-4-6-7-10(5-2)11-8-12-9(3)13-14-11;1-2/h8,10H,4-7H2,1-3H3;1-2H3. The zero-order valence-electron chi connectivity index (χ0n) is 11.3. The Morgan fingerprint density at radius 1 is 1.19 bits per heavy atom. The lowest BCUT2D eigenvalue weighted by Crippen LogP contribution is -2.04. The number of hydrogen-bond donors (Lipinski definition) is 0. The van der Waals surface area contributed by atoms with E-state index in [1.54, 1.807) is 0 Å². The van der Waals surface area contributed by atoms with Gasteiger partial charge in [0.1, 0.15) is 5.82 Å². The van der Waals surface area contributed by atoms with Crippen molar-refractivity contribution in [3.8, 4) is 0 Å². The van der Waals surface area contributed by atoms with Crippen LogP contribution in [0.2, 0.25) is 0 Å². The van der Waals surface area contributed by atoms with E-state index in [0.717, 1.165) is 17.9 Å². The molecule has 1 atom stereocenters. The fourth-order valence-electron chi connectivity index (χ4n) is 1.54. The summed E-state index contributed by atoms with van der Waals surface area (Å²) in [5.74, 6) is 1.29. The molecule has 0 aliphatic carbocycles. The largest absolute Gasteiger partial charge is 0.238 e. The first kappa shape index (κ1) is 15.0. The SMILES string of the molecule is CC.CCCCC(CC)c1cnc(C)nn1. The van der Waals surface area contributed by atoms with E-state index in [9.17, 15) is 0 Å². The molecule has 0 fully saturated rings. The van der Waals surface area contributed by atoms with Crippen LogP contribution < -0.4 is 0 Å². The highest BCUT2D eigenvalue weighted by molar-refractivity contribution is 5.01. The quantitative estimate of drug-likeness (QED) is 0.760. The molecule has 0 saturated heterocycles. The monoisotopic (exact) mass is 223 g/mol. The molecule has 16 heavy (non-hydrogen) atoms. The fourth-order valence-corrected chi connectivity index (χ4v) is 1.54. The van der Waals surface area contributed by atoms with Crippen molar-refractivity contribution in [3.05, 3.63) is 17.7 Å². The Bertz CT molecular complexity index is 256. The summed E-state index contributed by atoms with van der Waals surface area (Å²) in [5, 5.41) is 8.18. The van der Waals surface area contributed by atoms with Crippen LogP contribution in [0.4, 0.5) is 0 Å². The molecule has 0 amide bonds. The van der Waals surface area contributed by atoms with Gasteiger partial charge in [-0.25, -0.2) is 4.98 Å². The third-order valence-electron chi connectivity index (χ3n) is 2.51. The maximum Gasteiger partial charge on any atom is 0.147 e. The molecule has 0 bridgehead atoms. The van der Waals surface area contributed by atoms with Gasteiger partial charge >= 0.3 is 0 Å². The van der Waals surface area contributed by atoms with E-state index < -0.39 is 0 Å². The molecule has 1 aromatic heterocycles. The van der Waals surface area contributed by atoms with Gasteiger partial charge in [0, 0.05) is 5.92 Å². The highest BCUT2D eigenvalue weighted by Gasteiger charge is 2.10. The smallest absolute Gasteiger partial charge is 0.147 e. The lowest BCUT2D eigenvalue weighted by atomic mass is 9.96. The van der Waals surface area contributed by atoms with Crippen LogP contribution in [0.15, 0.2) is 6.20 Å². The minimum atomic E-state index is 0.538. The summed E-state index contributed by atoms with van der Waals surface area (Å²) in [6.07, 6.45) is 6.69. The second kappa shape index (κ2) is 9.25. The van der Waals surface area contributed by atoms with Crippen molar-refractivity contribution in [3.63, 3.8) is 0 Å². The Morgan fingerprint density at radius 3 is 2.31 bits per heavy atom. The van der Waals surface area contributed by atoms with Crippen molar-refractivity contribution in [2.24, 2.45) is 0 Å². The van der Waals surface area contributed by atoms with Gasteiger partial charge in [0.05, 0.1) is 11.9 Å². The van der Waals surface area contributed by atoms with Gasteiger partial charge in [-0.3, -0.25) is 0 Å². The summed E-state index contributed by atoms with van der Waals surface area (Å²) >= 11 is 0. The van der Waals surface area contributed by atoms with Crippen LogP contribution in [-0.2, 0) is 0 Å². The van der Waals surface area contributed by atoms with Crippen LogP contribution in [0.1, 0.15) is 70.8 Å². The average molecular weight is 223 g/mol. The summed E-state index contributed by atoms with van der Waals surface area (Å²) < 4.78 is 0. The Balaban J connectivity index is 0.00000106. The molecule has 3 heteroatoms. The molecular weight excluding hydrogens is 198 g/mol. The molecule has 0 aromatic carbocycles. The highest BCUT2D eigenvalue weighted by Crippen LogP contribution is 2.22. The van der Waals surface area contributed by atoms with E-state index in [0.29, 0.717) is 5.92 Å². The number of aryl methyl sites for hydroxylation is 1. The zero-order chi connectivity index (χ0) is 12.4. The second-order valence-electron chi connectivity index (χ2n) is 3.68. The summed E-state index contributed by atoms with van der Waals surface area (Å²) in [6.45, 7) is 10.3. The van der Waals surface area contributed by atoms with Crippen molar-refractivity contribution >= 4 is 0 Å². The average Bonchev–Trinajstić information content (AvgIpc) is 2.35. The number of hydrogen-bond acceptors (Lipinski definition) is 3. The molecule has 1 heterocycles.